The van der Waals surface area contributed by atoms with Crippen LogP contribution < -0.4 is 5.32 Å². The normalized spacial score (nSPS) is 13.1. The molecule has 2 heteroatoms. The van der Waals surface area contributed by atoms with Gasteiger partial charge in [0.2, 0.25) is 0 Å². The molecule has 84 valence electrons. The van der Waals surface area contributed by atoms with Crippen LogP contribution in [0.15, 0.2) is 24.3 Å². The molecule has 1 aromatic carbocycles. The fourth-order valence-corrected chi connectivity index (χ4v) is 1.33. The molecule has 1 rings (SSSR count). The van der Waals surface area contributed by atoms with Crippen LogP contribution in [0, 0.1) is 11.7 Å². The van der Waals surface area contributed by atoms with Gasteiger partial charge in [0.15, 0.2) is 0 Å². The van der Waals surface area contributed by atoms with E-state index in [-0.39, 0.29) is 5.82 Å². The molecule has 0 fully saturated rings. The van der Waals surface area contributed by atoms with Crippen LogP contribution in [-0.4, -0.2) is 12.6 Å². The van der Waals surface area contributed by atoms with Crippen molar-refractivity contribution >= 4 is 0 Å². The van der Waals surface area contributed by atoms with E-state index in [0.717, 1.165) is 13.0 Å². The standard InChI is InChI=1S/C13H20FN/c1-10(2)11(3)15-9-8-12-4-6-13(14)7-5-12/h4-7,10-11,15H,8-9H2,1-3H3/t11-/m0/s1. The summed E-state index contributed by atoms with van der Waals surface area (Å²) >= 11 is 0. The van der Waals surface area contributed by atoms with Crippen molar-refractivity contribution in [3.63, 3.8) is 0 Å². The van der Waals surface area contributed by atoms with Crippen molar-refractivity contribution in [3.8, 4) is 0 Å². The number of hydrogen-bond acceptors (Lipinski definition) is 1. The maximum Gasteiger partial charge on any atom is 0.123 e. The van der Waals surface area contributed by atoms with Crippen LogP contribution in [0.2, 0.25) is 0 Å². The summed E-state index contributed by atoms with van der Waals surface area (Å²) in [6.07, 6.45) is 0.956. The van der Waals surface area contributed by atoms with Gasteiger partial charge in [0.05, 0.1) is 0 Å². The number of benzene rings is 1. The average Bonchev–Trinajstić information content (AvgIpc) is 2.20. The maximum atomic E-state index is 12.6. The highest BCUT2D eigenvalue weighted by molar-refractivity contribution is 5.16. The Morgan fingerprint density at radius 1 is 1.13 bits per heavy atom. The zero-order chi connectivity index (χ0) is 11.3. The van der Waals surface area contributed by atoms with E-state index in [4.69, 9.17) is 0 Å². The number of nitrogens with one attached hydrogen (secondary N) is 1. The van der Waals surface area contributed by atoms with Gasteiger partial charge in [-0.15, -0.1) is 0 Å². The summed E-state index contributed by atoms with van der Waals surface area (Å²) in [6, 6.07) is 7.25. The molecule has 0 saturated carbocycles. The first-order valence-electron chi connectivity index (χ1n) is 5.57. The fraction of sp³-hybridized carbons (Fsp3) is 0.538. The molecule has 15 heavy (non-hydrogen) atoms. The predicted octanol–water partition coefficient (Wildman–Crippen LogP) is 3.00. The van der Waals surface area contributed by atoms with Gasteiger partial charge in [0.25, 0.3) is 0 Å². The van der Waals surface area contributed by atoms with Crippen molar-refractivity contribution in [3.05, 3.63) is 35.6 Å². The zero-order valence-corrected chi connectivity index (χ0v) is 9.76. The van der Waals surface area contributed by atoms with Gasteiger partial charge in [-0.2, -0.15) is 0 Å². The van der Waals surface area contributed by atoms with Gasteiger partial charge >= 0.3 is 0 Å². The van der Waals surface area contributed by atoms with Crippen LogP contribution in [0.25, 0.3) is 0 Å². The van der Waals surface area contributed by atoms with Crippen LogP contribution in [0.1, 0.15) is 26.3 Å². The molecule has 0 aliphatic carbocycles. The Kier molecular flexibility index (Phi) is 4.76. The van der Waals surface area contributed by atoms with Crippen LogP contribution in [0.3, 0.4) is 0 Å². The third-order valence-corrected chi connectivity index (χ3v) is 2.79. The van der Waals surface area contributed by atoms with Crippen molar-refractivity contribution in [2.45, 2.75) is 33.2 Å². The molecule has 0 amide bonds. The van der Waals surface area contributed by atoms with Crippen LogP contribution in [-0.2, 0) is 6.42 Å². The van der Waals surface area contributed by atoms with Gasteiger partial charge in [0.1, 0.15) is 5.82 Å². The molecule has 0 aliphatic rings. The second kappa shape index (κ2) is 5.86. The molecule has 0 radical (unpaired) electrons. The van der Waals surface area contributed by atoms with E-state index in [1.54, 1.807) is 0 Å². The molecule has 0 aromatic heterocycles. The van der Waals surface area contributed by atoms with Crippen molar-refractivity contribution in [2.75, 3.05) is 6.54 Å². The molecule has 0 saturated heterocycles. The van der Waals surface area contributed by atoms with Gasteiger partial charge in [0, 0.05) is 6.04 Å². The molecule has 0 aliphatic heterocycles. The highest BCUT2D eigenvalue weighted by Gasteiger charge is 2.04. The molecular formula is C13H20FN. The zero-order valence-electron chi connectivity index (χ0n) is 9.76. The van der Waals surface area contributed by atoms with E-state index >= 15 is 0 Å². The first-order chi connectivity index (χ1) is 7.09. The van der Waals surface area contributed by atoms with Gasteiger partial charge in [-0.1, -0.05) is 26.0 Å². The summed E-state index contributed by atoms with van der Waals surface area (Å²) in [6.45, 7) is 7.55. The molecule has 0 heterocycles. The van der Waals surface area contributed by atoms with Crippen molar-refractivity contribution < 1.29 is 4.39 Å². The highest BCUT2D eigenvalue weighted by atomic mass is 19.1. The summed E-state index contributed by atoms with van der Waals surface area (Å²) in [5.74, 6) is 0.487. The monoisotopic (exact) mass is 209 g/mol. The Morgan fingerprint density at radius 3 is 2.27 bits per heavy atom. The summed E-state index contributed by atoms with van der Waals surface area (Å²) in [5.41, 5.74) is 1.18. The smallest absolute Gasteiger partial charge is 0.123 e. The van der Waals surface area contributed by atoms with Crippen molar-refractivity contribution in [1.82, 2.24) is 5.32 Å². The molecule has 1 nitrogen and oxygen atoms in total. The topological polar surface area (TPSA) is 12.0 Å². The van der Waals surface area contributed by atoms with Crippen LogP contribution in [0.5, 0.6) is 0 Å². The second-order valence-corrected chi connectivity index (χ2v) is 4.36. The van der Waals surface area contributed by atoms with Crippen molar-refractivity contribution in [1.29, 1.82) is 0 Å². The fourth-order valence-electron chi connectivity index (χ4n) is 1.33. The summed E-state index contributed by atoms with van der Waals surface area (Å²) < 4.78 is 12.6. The Labute approximate surface area is 91.7 Å². The van der Waals surface area contributed by atoms with E-state index in [0.29, 0.717) is 12.0 Å². The Hall–Kier alpha value is -0.890. The first-order valence-corrected chi connectivity index (χ1v) is 5.57. The Bertz CT molecular complexity index is 279. The minimum atomic E-state index is -0.165. The lowest BCUT2D eigenvalue weighted by molar-refractivity contribution is 0.430. The highest BCUT2D eigenvalue weighted by Crippen LogP contribution is 2.04. The third kappa shape index (κ3) is 4.43. The molecule has 1 atom stereocenters. The van der Waals surface area contributed by atoms with E-state index < -0.39 is 0 Å². The first kappa shape index (κ1) is 12.2. The third-order valence-electron chi connectivity index (χ3n) is 2.79. The average molecular weight is 209 g/mol. The molecule has 1 N–H and O–H groups in total. The maximum absolute atomic E-state index is 12.6. The van der Waals surface area contributed by atoms with E-state index in [9.17, 15) is 4.39 Å². The summed E-state index contributed by atoms with van der Waals surface area (Å²) in [4.78, 5) is 0. The largest absolute Gasteiger partial charge is 0.314 e. The van der Waals surface area contributed by atoms with Gasteiger partial charge in [-0.25, -0.2) is 4.39 Å². The lowest BCUT2D eigenvalue weighted by Gasteiger charge is -2.17. The molecule has 1 aromatic rings. The lowest BCUT2D eigenvalue weighted by Crippen LogP contribution is -2.32. The molecule has 0 bridgehead atoms. The quantitative estimate of drug-likeness (QED) is 0.786. The Balaban J connectivity index is 2.29. The number of hydrogen-bond donors (Lipinski definition) is 1. The number of halogens is 1. The molecule has 0 spiro atoms. The number of rotatable bonds is 5. The van der Waals surface area contributed by atoms with Gasteiger partial charge < -0.3 is 5.32 Å². The SMILES string of the molecule is CC(C)[C@H](C)NCCc1ccc(F)cc1. The second-order valence-electron chi connectivity index (χ2n) is 4.36. The van der Waals surface area contributed by atoms with Gasteiger partial charge in [-0.05, 0) is 43.5 Å². The minimum absolute atomic E-state index is 0.165. The molecule has 0 unspecified atom stereocenters. The Morgan fingerprint density at radius 2 is 1.73 bits per heavy atom. The summed E-state index contributed by atoms with van der Waals surface area (Å²) in [5, 5.41) is 3.45. The van der Waals surface area contributed by atoms with E-state index in [1.807, 2.05) is 12.1 Å². The predicted molar refractivity (Wildman–Crippen MR) is 62.4 cm³/mol. The van der Waals surface area contributed by atoms with E-state index in [1.165, 1.54) is 17.7 Å². The van der Waals surface area contributed by atoms with Crippen molar-refractivity contribution in [2.24, 2.45) is 5.92 Å². The van der Waals surface area contributed by atoms with Crippen LogP contribution >= 0.6 is 0 Å². The van der Waals surface area contributed by atoms with Crippen LogP contribution in [0.4, 0.5) is 4.39 Å². The van der Waals surface area contributed by atoms with Gasteiger partial charge in [-0.3, -0.25) is 0 Å². The molecular weight excluding hydrogens is 189 g/mol. The van der Waals surface area contributed by atoms with E-state index in [2.05, 4.69) is 26.1 Å². The minimum Gasteiger partial charge on any atom is -0.314 e. The summed E-state index contributed by atoms with van der Waals surface area (Å²) in [7, 11) is 0. The lowest BCUT2D eigenvalue weighted by atomic mass is 10.1.